The fourth-order valence-corrected chi connectivity index (χ4v) is 1.47. The number of esters is 1. The van der Waals surface area contributed by atoms with Crippen molar-refractivity contribution >= 4 is 11.9 Å². The number of nitrogens with two attached hydrogens (primary N) is 1. The lowest BCUT2D eigenvalue weighted by Gasteiger charge is -2.20. The highest BCUT2D eigenvalue weighted by atomic mass is 16.5. The van der Waals surface area contributed by atoms with E-state index in [1.54, 1.807) is 4.90 Å². The number of hydrogen-bond donors (Lipinski definition) is 2. The summed E-state index contributed by atoms with van der Waals surface area (Å²) in [7, 11) is 0. The summed E-state index contributed by atoms with van der Waals surface area (Å²) < 4.78 is 4.75. The predicted molar refractivity (Wildman–Crippen MR) is 47.4 cm³/mol. The quantitative estimate of drug-likeness (QED) is 0.568. The maximum atomic E-state index is 10.7. The zero-order valence-corrected chi connectivity index (χ0v) is 7.81. The smallest absolute Gasteiger partial charge is 0.321 e. The van der Waals surface area contributed by atoms with Crippen LogP contribution in [-0.2, 0) is 14.3 Å². The van der Waals surface area contributed by atoms with Gasteiger partial charge >= 0.3 is 11.9 Å². The molecule has 0 aromatic carbocycles. The molecule has 1 saturated heterocycles. The molecule has 1 atom stereocenters. The molecule has 14 heavy (non-hydrogen) atoms. The fourth-order valence-electron chi connectivity index (χ4n) is 1.47. The first-order valence-electron chi connectivity index (χ1n) is 4.47. The van der Waals surface area contributed by atoms with Crippen molar-refractivity contribution in [2.24, 2.45) is 5.73 Å². The maximum absolute atomic E-state index is 10.7. The summed E-state index contributed by atoms with van der Waals surface area (Å²) in [6, 6.07) is -0.527. The average Bonchev–Trinajstić information content (AvgIpc) is 2.62. The first kappa shape index (κ1) is 10.9. The van der Waals surface area contributed by atoms with Gasteiger partial charge in [0.1, 0.15) is 12.8 Å². The van der Waals surface area contributed by atoms with Crippen LogP contribution in [0.4, 0.5) is 0 Å². The molecule has 0 aliphatic carbocycles. The third-order valence-corrected chi connectivity index (χ3v) is 2.21. The molecule has 0 unspecified atom stereocenters. The van der Waals surface area contributed by atoms with E-state index in [0.717, 1.165) is 6.42 Å². The largest absolute Gasteiger partial charge is 0.480 e. The second-order valence-corrected chi connectivity index (χ2v) is 3.16. The van der Waals surface area contributed by atoms with Crippen LogP contribution in [0.2, 0.25) is 0 Å². The van der Waals surface area contributed by atoms with Gasteiger partial charge in [-0.3, -0.25) is 14.5 Å². The van der Waals surface area contributed by atoms with E-state index in [9.17, 15) is 9.59 Å². The second-order valence-electron chi connectivity index (χ2n) is 3.16. The number of ether oxygens (including phenoxy) is 1. The number of likely N-dealkylation sites (tertiary alicyclic amines) is 1. The standard InChI is InChI=1S/C8H14N2O4/c9-4-7(11)14-5-10-3-1-2-6(10)8(12)13/h6H,1-5,9H2,(H,12,13)/t6-/m0/s1. The van der Waals surface area contributed by atoms with Gasteiger partial charge in [0.25, 0.3) is 0 Å². The first-order chi connectivity index (χ1) is 6.65. The van der Waals surface area contributed by atoms with Crippen molar-refractivity contribution in [2.45, 2.75) is 18.9 Å². The summed E-state index contributed by atoms with van der Waals surface area (Å²) in [5.74, 6) is -1.38. The monoisotopic (exact) mass is 202 g/mol. The summed E-state index contributed by atoms with van der Waals surface area (Å²) in [4.78, 5) is 23.1. The highest BCUT2D eigenvalue weighted by molar-refractivity contribution is 5.74. The molecule has 0 spiro atoms. The van der Waals surface area contributed by atoms with E-state index in [0.29, 0.717) is 13.0 Å². The number of carboxylic acid groups (broad SMARTS) is 1. The minimum Gasteiger partial charge on any atom is -0.480 e. The molecule has 0 radical (unpaired) electrons. The van der Waals surface area contributed by atoms with Crippen LogP contribution in [0.3, 0.4) is 0 Å². The molecule has 0 aromatic heterocycles. The van der Waals surface area contributed by atoms with E-state index < -0.39 is 18.0 Å². The third-order valence-electron chi connectivity index (χ3n) is 2.21. The number of nitrogens with zero attached hydrogens (tertiary/aromatic N) is 1. The van der Waals surface area contributed by atoms with Crippen molar-refractivity contribution in [1.29, 1.82) is 0 Å². The average molecular weight is 202 g/mol. The van der Waals surface area contributed by atoms with Crippen LogP contribution < -0.4 is 5.73 Å². The Morgan fingerprint density at radius 3 is 2.86 bits per heavy atom. The van der Waals surface area contributed by atoms with Crippen LogP contribution in [0, 0.1) is 0 Å². The Balaban J connectivity index is 2.36. The summed E-state index contributed by atoms with van der Waals surface area (Å²) >= 11 is 0. The fraction of sp³-hybridized carbons (Fsp3) is 0.750. The zero-order valence-electron chi connectivity index (χ0n) is 7.81. The van der Waals surface area contributed by atoms with Gasteiger partial charge in [0.2, 0.25) is 0 Å². The van der Waals surface area contributed by atoms with Crippen molar-refractivity contribution < 1.29 is 19.4 Å². The van der Waals surface area contributed by atoms with E-state index in [1.807, 2.05) is 0 Å². The van der Waals surface area contributed by atoms with Gasteiger partial charge in [-0.05, 0) is 12.8 Å². The molecule has 1 fully saturated rings. The van der Waals surface area contributed by atoms with E-state index in [2.05, 4.69) is 0 Å². The van der Waals surface area contributed by atoms with Crippen LogP contribution in [0.5, 0.6) is 0 Å². The van der Waals surface area contributed by atoms with E-state index in [-0.39, 0.29) is 13.3 Å². The molecule has 0 aromatic rings. The number of carbonyl (C=O) groups is 2. The van der Waals surface area contributed by atoms with Gasteiger partial charge in [-0.1, -0.05) is 0 Å². The lowest BCUT2D eigenvalue weighted by atomic mass is 10.2. The molecule has 80 valence electrons. The molecule has 6 heteroatoms. The SMILES string of the molecule is NCC(=O)OCN1CCC[C@H]1C(=O)O. The van der Waals surface area contributed by atoms with Crippen LogP contribution in [0.1, 0.15) is 12.8 Å². The number of carbonyl (C=O) groups excluding carboxylic acids is 1. The van der Waals surface area contributed by atoms with Crippen LogP contribution in [-0.4, -0.2) is 47.8 Å². The van der Waals surface area contributed by atoms with Crippen LogP contribution in [0.15, 0.2) is 0 Å². The van der Waals surface area contributed by atoms with Gasteiger partial charge in [0, 0.05) is 6.54 Å². The molecule has 1 heterocycles. The number of rotatable bonds is 4. The molecule has 0 bridgehead atoms. The third kappa shape index (κ3) is 2.68. The van der Waals surface area contributed by atoms with Crippen LogP contribution >= 0.6 is 0 Å². The van der Waals surface area contributed by atoms with Gasteiger partial charge in [-0.25, -0.2) is 0 Å². The summed E-state index contributed by atoms with van der Waals surface area (Å²) in [5, 5.41) is 8.80. The highest BCUT2D eigenvalue weighted by Gasteiger charge is 2.30. The van der Waals surface area contributed by atoms with Gasteiger partial charge in [0.05, 0.1) is 6.54 Å². The van der Waals surface area contributed by atoms with E-state index >= 15 is 0 Å². The van der Waals surface area contributed by atoms with E-state index in [1.165, 1.54) is 0 Å². The molecule has 1 rings (SSSR count). The number of carboxylic acids is 1. The van der Waals surface area contributed by atoms with Gasteiger partial charge < -0.3 is 15.6 Å². The van der Waals surface area contributed by atoms with Gasteiger partial charge in [0.15, 0.2) is 0 Å². The Bertz CT molecular complexity index is 231. The second kappa shape index (κ2) is 4.92. The Morgan fingerprint density at radius 2 is 2.29 bits per heavy atom. The van der Waals surface area contributed by atoms with Crippen molar-refractivity contribution in [1.82, 2.24) is 4.90 Å². The topological polar surface area (TPSA) is 92.9 Å². The summed E-state index contributed by atoms with van der Waals surface area (Å²) in [5.41, 5.74) is 5.04. The Morgan fingerprint density at radius 1 is 1.57 bits per heavy atom. The number of hydrogen-bond acceptors (Lipinski definition) is 5. The summed E-state index contributed by atoms with van der Waals surface area (Å²) in [6.45, 7) is 0.493. The number of aliphatic carboxylic acids is 1. The molecule has 6 nitrogen and oxygen atoms in total. The highest BCUT2D eigenvalue weighted by Crippen LogP contribution is 2.16. The molecule has 0 amide bonds. The Kier molecular flexibility index (Phi) is 3.84. The Labute approximate surface area is 81.6 Å². The van der Waals surface area contributed by atoms with Gasteiger partial charge in [-0.15, -0.1) is 0 Å². The van der Waals surface area contributed by atoms with Gasteiger partial charge in [-0.2, -0.15) is 0 Å². The Hall–Kier alpha value is -1.14. The van der Waals surface area contributed by atoms with Crippen molar-refractivity contribution in [3.63, 3.8) is 0 Å². The first-order valence-corrected chi connectivity index (χ1v) is 4.47. The van der Waals surface area contributed by atoms with Crippen molar-refractivity contribution in [3.05, 3.63) is 0 Å². The predicted octanol–water partition coefficient (Wildman–Crippen LogP) is -1.01. The molecule has 1 aliphatic heterocycles. The lowest BCUT2D eigenvalue weighted by Crippen LogP contribution is -2.38. The summed E-state index contributed by atoms with van der Waals surface area (Å²) in [6.07, 6.45) is 1.42. The molecular weight excluding hydrogens is 188 g/mol. The maximum Gasteiger partial charge on any atom is 0.321 e. The van der Waals surface area contributed by atoms with E-state index in [4.69, 9.17) is 15.6 Å². The van der Waals surface area contributed by atoms with Crippen molar-refractivity contribution in [2.75, 3.05) is 19.8 Å². The van der Waals surface area contributed by atoms with Crippen molar-refractivity contribution in [3.8, 4) is 0 Å². The molecule has 0 saturated carbocycles. The molecule has 3 N–H and O–H groups in total. The molecular formula is C8H14N2O4. The normalized spacial score (nSPS) is 22.2. The lowest BCUT2D eigenvalue weighted by molar-refractivity contribution is -0.153. The zero-order chi connectivity index (χ0) is 10.6. The molecule has 1 aliphatic rings. The van der Waals surface area contributed by atoms with Crippen LogP contribution in [0.25, 0.3) is 0 Å². The minimum atomic E-state index is -0.869. The minimum absolute atomic E-state index is 0.0208.